The van der Waals surface area contributed by atoms with Crippen molar-refractivity contribution in [3.05, 3.63) is 18.2 Å². The first-order chi connectivity index (χ1) is 8.41. The van der Waals surface area contributed by atoms with Crippen LogP contribution in [0.1, 0.15) is 32.6 Å². The van der Waals surface area contributed by atoms with Crippen LogP contribution < -0.4 is 11.1 Å². The highest BCUT2D eigenvalue weighted by atomic mass is 19.3. The molecule has 0 aliphatic heterocycles. The van der Waals surface area contributed by atoms with Crippen molar-refractivity contribution in [1.29, 1.82) is 0 Å². The van der Waals surface area contributed by atoms with Crippen LogP contribution in [0.4, 0.5) is 8.78 Å². The SMILES string of the molecule is CC(C)C[C@H](N)C(=O)NCc1nccn1C(F)F. The summed E-state index contributed by atoms with van der Waals surface area (Å²) in [5.41, 5.74) is 5.67. The summed E-state index contributed by atoms with van der Waals surface area (Å²) in [6.07, 6.45) is 2.98. The molecule has 0 aromatic carbocycles. The molecule has 0 bridgehead atoms. The van der Waals surface area contributed by atoms with Crippen molar-refractivity contribution in [2.24, 2.45) is 11.7 Å². The molecule has 0 aliphatic carbocycles. The molecular weight excluding hydrogens is 242 g/mol. The molecule has 0 saturated heterocycles. The van der Waals surface area contributed by atoms with Gasteiger partial charge in [-0.3, -0.25) is 9.36 Å². The number of alkyl halides is 2. The zero-order valence-electron chi connectivity index (χ0n) is 10.4. The molecule has 1 aromatic heterocycles. The second kappa shape index (κ2) is 6.44. The molecular formula is C11H18F2N4O. The number of halogens is 2. The highest BCUT2D eigenvalue weighted by molar-refractivity contribution is 5.81. The monoisotopic (exact) mass is 260 g/mol. The average Bonchev–Trinajstić information content (AvgIpc) is 2.72. The summed E-state index contributed by atoms with van der Waals surface area (Å²) in [4.78, 5) is 15.4. The van der Waals surface area contributed by atoms with Crippen LogP contribution in [0.3, 0.4) is 0 Å². The number of amides is 1. The standard InChI is InChI=1S/C11H18F2N4O/c1-7(2)5-8(14)10(18)16-6-9-15-3-4-17(9)11(12)13/h3-4,7-8,11H,5-6,14H2,1-2H3,(H,16,18)/t8-/m0/s1. The summed E-state index contributed by atoms with van der Waals surface area (Å²) in [6.45, 7) is 1.19. The quantitative estimate of drug-likeness (QED) is 0.809. The Morgan fingerprint density at radius 1 is 1.56 bits per heavy atom. The number of rotatable bonds is 6. The van der Waals surface area contributed by atoms with E-state index >= 15 is 0 Å². The minimum Gasteiger partial charge on any atom is -0.348 e. The van der Waals surface area contributed by atoms with Gasteiger partial charge < -0.3 is 11.1 Å². The van der Waals surface area contributed by atoms with Crippen molar-refractivity contribution in [2.45, 2.75) is 39.4 Å². The van der Waals surface area contributed by atoms with E-state index in [2.05, 4.69) is 10.3 Å². The predicted octanol–water partition coefficient (Wildman–Crippen LogP) is 1.27. The molecule has 0 saturated carbocycles. The number of carbonyl (C=O) groups excluding carboxylic acids is 1. The lowest BCUT2D eigenvalue weighted by atomic mass is 10.0. The number of aromatic nitrogens is 2. The van der Waals surface area contributed by atoms with Crippen LogP contribution in [-0.4, -0.2) is 21.5 Å². The molecule has 1 heterocycles. The van der Waals surface area contributed by atoms with Crippen molar-refractivity contribution < 1.29 is 13.6 Å². The molecule has 1 atom stereocenters. The molecule has 1 rings (SSSR count). The first kappa shape index (κ1) is 14.6. The maximum absolute atomic E-state index is 12.5. The smallest absolute Gasteiger partial charge is 0.319 e. The summed E-state index contributed by atoms with van der Waals surface area (Å²) in [5, 5.41) is 2.50. The average molecular weight is 260 g/mol. The summed E-state index contributed by atoms with van der Waals surface area (Å²) < 4.78 is 25.7. The summed E-state index contributed by atoms with van der Waals surface area (Å²) in [7, 11) is 0. The fraction of sp³-hybridized carbons (Fsp3) is 0.636. The van der Waals surface area contributed by atoms with E-state index in [-0.39, 0.29) is 18.3 Å². The van der Waals surface area contributed by atoms with Gasteiger partial charge in [0.2, 0.25) is 5.91 Å². The Balaban J connectivity index is 2.49. The van der Waals surface area contributed by atoms with E-state index in [1.165, 1.54) is 12.4 Å². The topological polar surface area (TPSA) is 72.9 Å². The summed E-state index contributed by atoms with van der Waals surface area (Å²) in [5.74, 6) is 0.0522. The normalized spacial score (nSPS) is 13.1. The maximum Gasteiger partial charge on any atom is 0.319 e. The van der Waals surface area contributed by atoms with Gasteiger partial charge in [-0.25, -0.2) is 4.98 Å². The molecule has 0 spiro atoms. The van der Waals surface area contributed by atoms with Gasteiger partial charge in [0.15, 0.2) is 0 Å². The largest absolute Gasteiger partial charge is 0.348 e. The van der Waals surface area contributed by atoms with Crippen LogP contribution >= 0.6 is 0 Å². The van der Waals surface area contributed by atoms with Crippen molar-refractivity contribution in [3.63, 3.8) is 0 Å². The Morgan fingerprint density at radius 3 is 2.78 bits per heavy atom. The van der Waals surface area contributed by atoms with Crippen molar-refractivity contribution in [1.82, 2.24) is 14.9 Å². The molecule has 0 unspecified atom stereocenters. The lowest BCUT2D eigenvalue weighted by molar-refractivity contribution is -0.122. The fourth-order valence-corrected chi connectivity index (χ4v) is 1.57. The van der Waals surface area contributed by atoms with E-state index in [0.29, 0.717) is 16.9 Å². The minimum atomic E-state index is -2.66. The van der Waals surface area contributed by atoms with E-state index in [1.807, 2.05) is 13.8 Å². The van der Waals surface area contributed by atoms with Gasteiger partial charge in [-0.15, -0.1) is 0 Å². The Kier molecular flexibility index (Phi) is 5.21. The van der Waals surface area contributed by atoms with Crippen LogP contribution in [0, 0.1) is 5.92 Å². The van der Waals surface area contributed by atoms with Crippen molar-refractivity contribution in [3.8, 4) is 0 Å². The number of hydrogen-bond acceptors (Lipinski definition) is 3. The second-order valence-corrected chi connectivity index (χ2v) is 4.48. The van der Waals surface area contributed by atoms with Gasteiger partial charge in [0.1, 0.15) is 5.82 Å². The zero-order chi connectivity index (χ0) is 13.7. The molecule has 0 aliphatic rings. The first-order valence-electron chi connectivity index (χ1n) is 5.75. The number of nitrogens with one attached hydrogen (secondary N) is 1. The van der Waals surface area contributed by atoms with Gasteiger partial charge in [0, 0.05) is 12.4 Å². The van der Waals surface area contributed by atoms with E-state index in [9.17, 15) is 13.6 Å². The van der Waals surface area contributed by atoms with Gasteiger partial charge in [-0.05, 0) is 12.3 Å². The molecule has 5 nitrogen and oxygen atoms in total. The molecule has 3 N–H and O–H groups in total. The van der Waals surface area contributed by atoms with Gasteiger partial charge in [0.25, 0.3) is 0 Å². The van der Waals surface area contributed by atoms with Crippen molar-refractivity contribution >= 4 is 5.91 Å². The molecule has 0 fully saturated rings. The number of hydrogen-bond donors (Lipinski definition) is 2. The fourth-order valence-electron chi connectivity index (χ4n) is 1.57. The van der Waals surface area contributed by atoms with E-state index in [1.54, 1.807) is 0 Å². The molecule has 1 aromatic rings. The number of imidazole rings is 1. The first-order valence-corrected chi connectivity index (χ1v) is 5.75. The van der Waals surface area contributed by atoms with Crippen LogP contribution in [0.2, 0.25) is 0 Å². The Morgan fingerprint density at radius 2 is 2.22 bits per heavy atom. The Bertz CT molecular complexity index is 392. The second-order valence-electron chi connectivity index (χ2n) is 4.48. The van der Waals surface area contributed by atoms with Gasteiger partial charge in [-0.2, -0.15) is 8.78 Å². The third kappa shape index (κ3) is 4.06. The third-order valence-corrected chi connectivity index (χ3v) is 2.44. The van der Waals surface area contributed by atoms with E-state index < -0.39 is 12.6 Å². The van der Waals surface area contributed by atoms with Crippen LogP contribution in [-0.2, 0) is 11.3 Å². The summed E-state index contributed by atoms with van der Waals surface area (Å²) >= 11 is 0. The highest BCUT2D eigenvalue weighted by Gasteiger charge is 2.16. The molecule has 1 amide bonds. The molecule has 18 heavy (non-hydrogen) atoms. The maximum atomic E-state index is 12.5. The van der Waals surface area contributed by atoms with Gasteiger partial charge >= 0.3 is 6.55 Å². The lowest BCUT2D eigenvalue weighted by Crippen LogP contribution is -2.41. The van der Waals surface area contributed by atoms with Crippen molar-refractivity contribution in [2.75, 3.05) is 0 Å². The van der Waals surface area contributed by atoms with Crippen LogP contribution in [0.15, 0.2) is 12.4 Å². The minimum absolute atomic E-state index is 0.0536. The highest BCUT2D eigenvalue weighted by Crippen LogP contribution is 2.12. The molecule has 7 heteroatoms. The van der Waals surface area contributed by atoms with Crippen LogP contribution in [0.25, 0.3) is 0 Å². The third-order valence-electron chi connectivity index (χ3n) is 2.44. The predicted molar refractivity (Wildman–Crippen MR) is 62.8 cm³/mol. The van der Waals surface area contributed by atoms with Crippen LogP contribution in [0.5, 0.6) is 0 Å². The molecule has 102 valence electrons. The van der Waals surface area contributed by atoms with E-state index in [0.717, 1.165) is 0 Å². The van der Waals surface area contributed by atoms with Gasteiger partial charge in [0.05, 0.1) is 12.6 Å². The summed E-state index contributed by atoms with van der Waals surface area (Å²) in [6, 6.07) is -0.625. The Labute approximate surface area is 104 Å². The number of nitrogens with zero attached hydrogens (tertiary/aromatic N) is 2. The zero-order valence-corrected chi connectivity index (χ0v) is 10.4. The van der Waals surface area contributed by atoms with E-state index in [4.69, 9.17) is 5.73 Å². The Hall–Kier alpha value is -1.50. The molecule has 0 radical (unpaired) electrons. The lowest BCUT2D eigenvalue weighted by Gasteiger charge is -2.14. The number of carbonyl (C=O) groups is 1. The number of nitrogens with two attached hydrogens (primary N) is 1. The van der Waals surface area contributed by atoms with Gasteiger partial charge in [-0.1, -0.05) is 13.8 Å².